The topological polar surface area (TPSA) is 66.9 Å². The van der Waals surface area contributed by atoms with Crippen molar-refractivity contribution in [2.75, 3.05) is 26.2 Å². The molecule has 24 heavy (non-hydrogen) atoms. The second-order valence-electron chi connectivity index (χ2n) is 6.38. The number of carbonyl (C=O) groups is 3. The van der Waals surface area contributed by atoms with Crippen LogP contribution in [0.1, 0.15) is 59.8 Å². The molecule has 2 atom stereocenters. The van der Waals surface area contributed by atoms with Crippen molar-refractivity contribution in [1.82, 2.24) is 9.80 Å². The van der Waals surface area contributed by atoms with Crippen LogP contribution in [-0.2, 0) is 19.1 Å². The van der Waals surface area contributed by atoms with Crippen LogP contribution in [0.2, 0.25) is 0 Å². The monoisotopic (exact) mass is 340 g/mol. The lowest BCUT2D eigenvalue weighted by Gasteiger charge is -2.33. The minimum atomic E-state index is -0.217. The number of hydrogen-bond donors (Lipinski definition) is 0. The fourth-order valence-corrected chi connectivity index (χ4v) is 3.04. The van der Waals surface area contributed by atoms with Crippen LogP contribution in [0.15, 0.2) is 0 Å². The molecule has 0 aromatic rings. The van der Waals surface area contributed by atoms with Gasteiger partial charge in [0.2, 0.25) is 11.8 Å². The van der Waals surface area contributed by atoms with E-state index in [4.69, 9.17) is 4.74 Å². The Morgan fingerprint density at radius 1 is 1.25 bits per heavy atom. The van der Waals surface area contributed by atoms with Crippen molar-refractivity contribution in [3.8, 4) is 0 Å². The summed E-state index contributed by atoms with van der Waals surface area (Å²) in [6, 6.07) is 0.138. The molecule has 0 aromatic carbocycles. The van der Waals surface area contributed by atoms with E-state index in [0.717, 1.165) is 19.3 Å². The maximum Gasteiger partial charge on any atom is 0.310 e. The van der Waals surface area contributed by atoms with Gasteiger partial charge in [-0.2, -0.15) is 0 Å². The highest BCUT2D eigenvalue weighted by molar-refractivity contribution is 5.80. The normalized spacial score (nSPS) is 18.8. The Labute approximate surface area is 145 Å². The fraction of sp³-hybridized carbons (Fsp3) is 0.833. The molecular formula is C18H32N2O4. The van der Waals surface area contributed by atoms with Crippen LogP contribution in [0.3, 0.4) is 0 Å². The first kappa shape index (κ1) is 20.5. The van der Waals surface area contributed by atoms with Gasteiger partial charge in [0.15, 0.2) is 0 Å². The molecular weight excluding hydrogens is 308 g/mol. The largest absolute Gasteiger partial charge is 0.466 e. The first-order valence-electron chi connectivity index (χ1n) is 9.18. The third-order valence-corrected chi connectivity index (χ3v) is 4.71. The summed E-state index contributed by atoms with van der Waals surface area (Å²) in [5.74, 6) is -0.329. The second kappa shape index (κ2) is 10.3. The summed E-state index contributed by atoms with van der Waals surface area (Å²) >= 11 is 0. The fourth-order valence-electron chi connectivity index (χ4n) is 3.04. The van der Waals surface area contributed by atoms with Gasteiger partial charge >= 0.3 is 5.97 Å². The number of carbonyl (C=O) groups excluding carboxylic acids is 3. The maximum absolute atomic E-state index is 12.5. The van der Waals surface area contributed by atoms with E-state index in [-0.39, 0.29) is 29.7 Å². The van der Waals surface area contributed by atoms with Crippen LogP contribution >= 0.6 is 0 Å². The molecule has 0 saturated carbocycles. The highest BCUT2D eigenvalue weighted by atomic mass is 16.5. The van der Waals surface area contributed by atoms with Crippen LogP contribution in [-0.4, -0.2) is 59.9 Å². The van der Waals surface area contributed by atoms with E-state index in [1.54, 1.807) is 16.7 Å². The van der Waals surface area contributed by atoms with Crippen LogP contribution in [0.25, 0.3) is 0 Å². The van der Waals surface area contributed by atoms with Crippen LogP contribution in [0.5, 0.6) is 0 Å². The van der Waals surface area contributed by atoms with E-state index in [0.29, 0.717) is 39.1 Å². The van der Waals surface area contributed by atoms with Crippen molar-refractivity contribution in [2.24, 2.45) is 5.92 Å². The molecule has 2 amide bonds. The summed E-state index contributed by atoms with van der Waals surface area (Å²) < 4.78 is 5.07. The lowest BCUT2D eigenvalue weighted by atomic mass is 9.98. The first-order chi connectivity index (χ1) is 11.4. The number of nitrogens with zero attached hydrogens (tertiary/aromatic N) is 2. The number of rotatable bonds is 8. The van der Waals surface area contributed by atoms with E-state index in [1.807, 2.05) is 20.8 Å². The molecule has 6 nitrogen and oxygen atoms in total. The third-order valence-electron chi connectivity index (χ3n) is 4.71. The van der Waals surface area contributed by atoms with E-state index in [9.17, 15) is 14.4 Å². The van der Waals surface area contributed by atoms with Crippen molar-refractivity contribution in [1.29, 1.82) is 0 Å². The summed E-state index contributed by atoms with van der Waals surface area (Å²) in [5, 5.41) is 0. The molecule has 0 bridgehead atoms. The zero-order chi connectivity index (χ0) is 18.1. The number of likely N-dealkylation sites (tertiary alicyclic amines) is 1. The number of ether oxygens (including phenoxy) is 1. The van der Waals surface area contributed by atoms with Gasteiger partial charge in [-0.15, -0.1) is 0 Å². The molecule has 2 unspecified atom stereocenters. The predicted octanol–water partition coefficient (Wildman–Crippen LogP) is 2.22. The molecule has 1 aliphatic rings. The molecule has 0 aliphatic carbocycles. The van der Waals surface area contributed by atoms with Crippen molar-refractivity contribution in [3.63, 3.8) is 0 Å². The minimum absolute atomic E-state index is 0.0150. The number of piperidine rings is 1. The highest BCUT2D eigenvalue weighted by Gasteiger charge is 2.29. The number of esters is 1. The highest BCUT2D eigenvalue weighted by Crippen LogP contribution is 2.19. The summed E-state index contributed by atoms with van der Waals surface area (Å²) in [6.07, 6.45) is 3.22. The quantitative estimate of drug-likeness (QED) is 0.636. The molecule has 1 heterocycles. The van der Waals surface area contributed by atoms with Gasteiger partial charge in [-0.1, -0.05) is 13.8 Å². The third kappa shape index (κ3) is 5.80. The Morgan fingerprint density at radius 2 is 1.96 bits per heavy atom. The second-order valence-corrected chi connectivity index (χ2v) is 6.38. The Kier molecular flexibility index (Phi) is 8.79. The Bertz CT molecular complexity index is 439. The first-order valence-corrected chi connectivity index (χ1v) is 9.18. The van der Waals surface area contributed by atoms with E-state index in [1.165, 1.54) is 0 Å². The van der Waals surface area contributed by atoms with Crippen LogP contribution in [0.4, 0.5) is 0 Å². The van der Waals surface area contributed by atoms with Gasteiger partial charge in [0.25, 0.3) is 0 Å². The van der Waals surface area contributed by atoms with Crippen LogP contribution < -0.4 is 0 Å². The smallest absolute Gasteiger partial charge is 0.310 e. The average molecular weight is 340 g/mol. The molecule has 138 valence electrons. The van der Waals surface area contributed by atoms with Crippen molar-refractivity contribution >= 4 is 17.8 Å². The Hall–Kier alpha value is -1.59. The molecule has 1 aliphatic heterocycles. The van der Waals surface area contributed by atoms with Gasteiger partial charge in [-0.3, -0.25) is 14.4 Å². The molecule has 0 radical (unpaired) electrons. The molecule has 1 saturated heterocycles. The van der Waals surface area contributed by atoms with Gasteiger partial charge in [-0.25, -0.2) is 0 Å². The Balaban J connectivity index is 2.56. The average Bonchev–Trinajstić information content (AvgIpc) is 2.61. The predicted molar refractivity (Wildman–Crippen MR) is 92.3 cm³/mol. The van der Waals surface area contributed by atoms with Gasteiger partial charge in [0.05, 0.1) is 12.5 Å². The SMILES string of the molecule is CCOC(=O)C1CCCN(C(=O)CCN(C(=O)CC)C(C)CC)C1. The molecule has 6 heteroatoms. The number of amides is 2. The number of hydrogen-bond acceptors (Lipinski definition) is 4. The van der Waals surface area contributed by atoms with E-state index >= 15 is 0 Å². The summed E-state index contributed by atoms with van der Waals surface area (Å²) in [5.41, 5.74) is 0. The summed E-state index contributed by atoms with van der Waals surface area (Å²) in [6.45, 7) is 9.61. The summed E-state index contributed by atoms with van der Waals surface area (Å²) in [7, 11) is 0. The molecule has 0 N–H and O–H groups in total. The van der Waals surface area contributed by atoms with Crippen molar-refractivity contribution < 1.29 is 19.1 Å². The molecule has 0 spiro atoms. The Morgan fingerprint density at radius 3 is 2.54 bits per heavy atom. The molecule has 0 aromatic heterocycles. The standard InChI is InChI=1S/C18H32N2O4/c1-5-14(4)20(16(21)6-2)12-10-17(22)19-11-8-9-15(13-19)18(23)24-7-3/h14-15H,5-13H2,1-4H3. The lowest BCUT2D eigenvalue weighted by molar-refractivity contribution is -0.151. The minimum Gasteiger partial charge on any atom is -0.466 e. The van der Waals surface area contributed by atoms with Crippen LogP contribution in [0, 0.1) is 5.92 Å². The van der Waals surface area contributed by atoms with Gasteiger partial charge in [-0.05, 0) is 33.1 Å². The van der Waals surface area contributed by atoms with Gasteiger partial charge in [0.1, 0.15) is 0 Å². The lowest BCUT2D eigenvalue weighted by Crippen LogP contribution is -2.45. The van der Waals surface area contributed by atoms with E-state index < -0.39 is 0 Å². The zero-order valence-corrected chi connectivity index (χ0v) is 15.5. The van der Waals surface area contributed by atoms with Crippen molar-refractivity contribution in [3.05, 3.63) is 0 Å². The van der Waals surface area contributed by atoms with E-state index in [2.05, 4.69) is 0 Å². The maximum atomic E-state index is 12.5. The van der Waals surface area contributed by atoms with Crippen molar-refractivity contribution in [2.45, 2.75) is 65.8 Å². The van der Waals surface area contributed by atoms with Gasteiger partial charge in [0, 0.05) is 38.5 Å². The van der Waals surface area contributed by atoms with Gasteiger partial charge < -0.3 is 14.5 Å². The molecule has 1 rings (SSSR count). The molecule has 1 fully saturated rings. The zero-order valence-electron chi connectivity index (χ0n) is 15.5. The summed E-state index contributed by atoms with van der Waals surface area (Å²) in [4.78, 5) is 40.0.